The molecule has 0 saturated heterocycles. The highest BCUT2D eigenvalue weighted by Gasteiger charge is 2.63. The Morgan fingerprint density at radius 2 is 1.88 bits per heavy atom. The molecule has 0 aromatic heterocycles. The molecule has 1 aromatic rings. The topological polar surface area (TPSA) is 26.0 Å². The summed E-state index contributed by atoms with van der Waals surface area (Å²) in [4.78, 5) is 0. The third-order valence-electron chi connectivity index (χ3n) is 4.28. The van der Waals surface area contributed by atoms with Gasteiger partial charge in [0.25, 0.3) is 0 Å². The smallest absolute Gasteiger partial charge is 0.124 e. The normalized spacial score (nSPS) is 36.9. The van der Waals surface area contributed by atoms with E-state index in [9.17, 15) is 4.39 Å². The average molecular weight is 240 g/mol. The van der Waals surface area contributed by atoms with Crippen molar-refractivity contribution in [3.8, 4) is 0 Å². The fourth-order valence-electron chi connectivity index (χ4n) is 3.41. The maximum Gasteiger partial charge on any atom is 0.124 e. The van der Waals surface area contributed by atoms with Gasteiger partial charge in [-0.05, 0) is 42.4 Å². The number of rotatable bonds is 1. The Labute approximate surface area is 99.8 Å². The first kappa shape index (κ1) is 10.5. The zero-order valence-electron chi connectivity index (χ0n) is 9.05. The van der Waals surface area contributed by atoms with E-state index in [4.69, 9.17) is 17.3 Å². The predicted molar refractivity (Wildman–Crippen MR) is 62.7 cm³/mol. The van der Waals surface area contributed by atoms with E-state index in [0.29, 0.717) is 16.9 Å². The molecule has 2 unspecified atom stereocenters. The molecular weight excluding hydrogens is 225 g/mol. The van der Waals surface area contributed by atoms with Crippen LogP contribution in [0.4, 0.5) is 4.39 Å². The molecule has 16 heavy (non-hydrogen) atoms. The number of nitrogens with two attached hydrogens (primary N) is 1. The highest BCUT2D eigenvalue weighted by molar-refractivity contribution is 6.31. The zero-order chi connectivity index (χ0) is 11.3. The zero-order valence-corrected chi connectivity index (χ0v) is 9.80. The van der Waals surface area contributed by atoms with Crippen LogP contribution in [-0.4, -0.2) is 0 Å². The summed E-state index contributed by atoms with van der Waals surface area (Å²) in [5, 5.41) is 0.483. The van der Waals surface area contributed by atoms with Gasteiger partial charge in [-0.3, -0.25) is 0 Å². The van der Waals surface area contributed by atoms with E-state index in [1.54, 1.807) is 6.07 Å². The Hall–Kier alpha value is -0.600. The molecule has 0 spiro atoms. The van der Waals surface area contributed by atoms with Crippen molar-refractivity contribution in [2.45, 2.75) is 31.2 Å². The second-order valence-corrected chi connectivity index (χ2v) is 5.46. The number of halogens is 2. The molecule has 3 rings (SSSR count). The summed E-state index contributed by atoms with van der Waals surface area (Å²) in [6.07, 6.45) is 4.90. The van der Waals surface area contributed by atoms with Crippen LogP contribution in [0.2, 0.25) is 5.02 Å². The van der Waals surface area contributed by atoms with Gasteiger partial charge in [0.1, 0.15) is 5.82 Å². The van der Waals surface area contributed by atoms with Crippen molar-refractivity contribution >= 4 is 11.6 Å². The maximum atomic E-state index is 13.0. The molecule has 2 atom stereocenters. The maximum absolute atomic E-state index is 13.0. The molecule has 0 bridgehead atoms. The molecule has 2 N–H and O–H groups in total. The Balaban J connectivity index is 1.98. The van der Waals surface area contributed by atoms with Gasteiger partial charge in [0.05, 0.1) is 0 Å². The third kappa shape index (κ3) is 1.33. The van der Waals surface area contributed by atoms with Gasteiger partial charge in [0.2, 0.25) is 0 Å². The van der Waals surface area contributed by atoms with Gasteiger partial charge >= 0.3 is 0 Å². The molecule has 2 saturated carbocycles. The van der Waals surface area contributed by atoms with Crippen molar-refractivity contribution in [3.63, 3.8) is 0 Å². The van der Waals surface area contributed by atoms with Crippen molar-refractivity contribution in [2.24, 2.45) is 17.6 Å². The van der Waals surface area contributed by atoms with Crippen molar-refractivity contribution < 1.29 is 4.39 Å². The van der Waals surface area contributed by atoms with E-state index >= 15 is 0 Å². The SMILES string of the molecule is NC1(c2ccc(F)cc2Cl)C2CCCCC21. The lowest BCUT2D eigenvalue weighted by molar-refractivity contribution is 0.480. The highest BCUT2D eigenvalue weighted by atomic mass is 35.5. The fraction of sp³-hybridized carbons (Fsp3) is 0.538. The van der Waals surface area contributed by atoms with Crippen LogP contribution in [0.15, 0.2) is 18.2 Å². The van der Waals surface area contributed by atoms with Crippen LogP contribution in [0.1, 0.15) is 31.2 Å². The first-order valence-corrected chi connectivity index (χ1v) is 6.26. The molecule has 2 aliphatic rings. The van der Waals surface area contributed by atoms with Crippen LogP contribution in [0.5, 0.6) is 0 Å². The fourth-order valence-corrected chi connectivity index (χ4v) is 3.74. The molecular formula is C13H15ClFN. The van der Waals surface area contributed by atoms with Crippen LogP contribution < -0.4 is 5.73 Å². The lowest BCUT2D eigenvalue weighted by atomic mass is 10.0. The molecule has 1 nitrogen and oxygen atoms in total. The Morgan fingerprint density at radius 3 is 2.44 bits per heavy atom. The molecule has 0 aliphatic heterocycles. The molecule has 2 fully saturated rings. The number of benzene rings is 1. The van der Waals surface area contributed by atoms with Gasteiger partial charge in [-0.15, -0.1) is 0 Å². The van der Waals surface area contributed by atoms with Gasteiger partial charge in [-0.2, -0.15) is 0 Å². The summed E-state index contributed by atoms with van der Waals surface area (Å²) in [6, 6.07) is 4.59. The van der Waals surface area contributed by atoms with Crippen LogP contribution in [0, 0.1) is 17.7 Å². The predicted octanol–water partition coefficient (Wildman–Crippen LogP) is 3.45. The van der Waals surface area contributed by atoms with E-state index in [2.05, 4.69) is 0 Å². The standard InChI is InChI=1S/C13H15ClFN/c14-12-7-8(15)5-6-11(12)13(16)9-3-1-2-4-10(9)13/h5-7,9-10H,1-4,16H2. The molecule has 86 valence electrons. The summed E-state index contributed by atoms with van der Waals surface area (Å²) >= 11 is 6.10. The van der Waals surface area contributed by atoms with E-state index in [1.807, 2.05) is 0 Å². The Kier molecular flexibility index (Phi) is 2.27. The largest absolute Gasteiger partial charge is 0.321 e. The molecule has 0 amide bonds. The summed E-state index contributed by atoms with van der Waals surface area (Å²) in [6.45, 7) is 0. The first-order chi connectivity index (χ1) is 7.64. The summed E-state index contributed by atoms with van der Waals surface area (Å²) in [5.74, 6) is 0.828. The van der Waals surface area contributed by atoms with E-state index in [1.165, 1.54) is 37.8 Å². The lowest BCUT2D eigenvalue weighted by Crippen LogP contribution is -2.24. The molecule has 3 heteroatoms. The Morgan fingerprint density at radius 1 is 1.25 bits per heavy atom. The second kappa shape index (κ2) is 3.44. The second-order valence-electron chi connectivity index (χ2n) is 5.05. The van der Waals surface area contributed by atoms with Crippen LogP contribution in [0.3, 0.4) is 0 Å². The minimum absolute atomic E-state index is 0.277. The first-order valence-electron chi connectivity index (χ1n) is 5.88. The monoisotopic (exact) mass is 239 g/mol. The number of hydrogen-bond acceptors (Lipinski definition) is 1. The Bertz CT molecular complexity index is 420. The van der Waals surface area contributed by atoms with Crippen LogP contribution >= 0.6 is 11.6 Å². The summed E-state index contributed by atoms with van der Waals surface area (Å²) in [5.41, 5.74) is 7.12. The molecule has 1 aromatic carbocycles. The molecule has 0 heterocycles. The van der Waals surface area contributed by atoms with Crippen LogP contribution in [0.25, 0.3) is 0 Å². The third-order valence-corrected chi connectivity index (χ3v) is 4.59. The quantitative estimate of drug-likeness (QED) is 0.798. The number of fused-ring (bicyclic) bond motifs is 1. The summed E-state index contributed by atoms with van der Waals surface area (Å²) in [7, 11) is 0. The van der Waals surface area contributed by atoms with E-state index < -0.39 is 0 Å². The van der Waals surface area contributed by atoms with E-state index in [-0.39, 0.29) is 11.4 Å². The average Bonchev–Trinajstić information content (AvgIpc) is 2.86. The van der Waals surface area contributed by atoms with Crippen molar-refractivity contribution in [1.82, 2.24) is 0 Å². The van der Waals surface area contributed by atoms with Gasteiger partial charge < -0.3 is 5.73 Å². The van der Waals surface area contributed by atoms with Crippen molar-refractivity contribution in [2.75, 3.05) is 0 Å². The summed E-state index contributed by atoms with van der Waals surface area (Å²) < 4.78 is 13.0. The molecule has 0 radical (unpaired) electrons. The minimum atomic E-state index is -0.291. The van der Waals surface area contributed by atoms with Crippen molar-refractivity contribution in [3.05, 3.63) is 34.6 Å². The highest BCUT2D eigenvalue weighted by Crippen LogP contribution is 2.63. The number of hydrogen-bond donors (Lipinski definition) is 1. The van der Waals surface area contributed by atoms with Crippen LogP contribution in [-0.2, 0) is 5.54 Å². The van der Waals surface area contributed by atoms with E-state index in [0.717, 1.165) is 5.56 Å². The van der Waals surface area contributed by atoms with Gasteiger partial charge in [-0.25, -0.2) is 4.39 Å². The minimum Gasteiger partial charge on any atom is -0.321 e. The van der Waals surface area contributed by atoms with Crippen molar-refractivity contribution in [1.29, 1.82) is 0 Å². The van der Waals surface area contributed by atoms with Gasteiger partial charge in [0, 0.05) is 10.6 Å². The van der Waals surface area contributed by atoms with Gasteiger partial charge in [-0.1, -0.05) is 30.5 Å². The molecule has 2 aliphatic carbocycles. The lowest BCUT2D eigenvalue weighted by Gasteiger charge is -2.14. The van der Waals surface area contributed by atoms with Gasteiger partial charge in [0.15, 0.2) is 0 Å².